The van der Waals surface area contributed by atoms with Crippen molar-refractivity contribution in [1.82, 2.24) is 0 Å². The molecule has 0 unspecified atom stereocenters. The lowest BCUT2D eigenvalue weighted by molar-refractivity contribution is -0.114. The number of carbonyl (C=O) groups is 1. The fraction of sp³-hybridized carbons (Fsp3) is 0.0741. The molecule has 0 radical (unpaired) electrons. The Labute approximate surface area is 232 Å². The molecular formula is C27H24ClN3O6S2. The second-order valence-corrected chi connectivity index (χ2v) is 12.2. The fourth-order valence-electron chi connectivity index (χ4n) is 3.65. The third kappa shape index (κ3) is 6.69. The molecule has 4 aromatic rings. The number of hydrogen-bond acceptors (Lipinski definition) is 6. The Morgan fingerprint density at radius 3 is 2.03 bits per heavy atom. The van der Waals surface area contributed by atoms with Crippen molar-refractivity contribution in [3.8, 4) is 5.75 Å². The monoisotopic (exact) mass is 585 g/mol. The van der Waals surface area contributed by atoms with Crippen molar-refractivity contribution in [2.75, 3.05) is 28.0 Å². The van der Waals surface area contributed by atoms with E-state index in [4.69, 9.17) is 16.3 Å². The van der Waals surface area contributed by atoms with Gasteiger partial charge in [-0.1, -0.05) is 48.0 Å². The molecule has 0 heterocycles. The van der Waals surface area contributed by atoms with E-state index in [1.807, 2.05) is 0 Å². The summed E-state index contributed by atoms with van der Waals surface area (Å²) >= 11 is 6.15. The van der Waals surface area contributed by atoms with Gasteiger partial charge in [0.1, 0.15) is 12.3 Å². The molecule has 12 heteroatoms. The lowest BCUT2D eigenvalue weighted by Crippen LogP contribution is -2.38. The van der Waals surface area contributed by atoms with Crippen molar-refractivity contribution in [1.29, 1.82) is 0 Å². The molecule has 0 fully saturated rings. The predicted molar refractivity (Wildman–Crippen MR) is 151 cm³/mol. The van der Waals surface area contributed by atoms with E-state index >= 15 is 0 Å². The molecule has 0 saturated heterocycles. The first-order valence-corrected chi connectivity index (χ1v) is 14.8. The van der Waals surface area contributed by atoms with Gasteiger partial charge in [-0.2, -0.15) is 0 Å². The minimum absolute atomic E-state index is 0.0127. The zero-order valence-electron chi connectivity index (χ0n) is 20.6. The predicted octanol–water partition coefficient (Wildman–Crippen LogP) is 4.98. The Kier molecular flexibility index (Phi) is 8.44. The van der Waals surface area contributed by atoms with Crippen molar-refractivity contribution in [2.24, 2.45) is 0 Å². The molecule has 0 aliphatic carbocycles. The van der Waals surface area contributed by atoms with Gasteiger partial charge in [-0.3, -0.25) is 13.8 Å². The Hall–Kier alpha value is -4.06. The summed E-state index contributed by atoms with van der Waals surface area (Å²) in [4.78, 5) is 13.0. The van der Waals surface area contributed by atoms with Gasteiger partial charge in [0.25, 0.3) is 20.0 Å². The zero-order valence-corrected chi connectivity index (χ0v) is 23.0. The minimum atomic E-state index is -4.20. The highest BCUT2D eigenvalue weighted by Crippen LogP contribution is 2.35. The minimum Gasteiger partial charge on any atom is -0.495 e. The first-order valence-electron chi connectivity index (χ1n) is 11.5. The molecule has 0 aliphatic heterocycles. The molecule has 0 atom stereocenters. The van der Waals surface area contributed by atoms with E-state index < -0.39 is 32.5 Å². The number of halogens is 1. The van der Waals surface area contributed by atoms with Crippen LogP contribution < -0.4 is 19.1 Å². The number of sulfonamides is 2. The Morgan fingerprint density at radius 2 is 1.41 bits per heavy atom. The first-order chi connectivity index (χ1) is 18.6. The summed E-state index contributed by atoms with van der Waals surface area (Å²) in [5.41, 5.74) is 0.761. The molecule has 0 bridgehead atoms. The highest BCUT2D eigenvalue weighted by atomic mass is 35.5. The molecule has 2 N–H and O–H groups in total. The Bertz CT molecular complexity index is 1670. The second-order valence-electron chi connectivity index (χ2n) is 8.18. The molecule has 4 aromatic carbocycles. The zero-order chi connectivity index (χ0) is 28.0. The second kappa shape index (κ2) is 11.8. The molecule has 4 rings (SSSR count). The summed E-state index contributed by atoms with van der Waals surface area (Å²) in [6.45, 7) is -0.608. The standard InChI is InChI=1S/C27H24ClN3O6S2/c1-37-26-17-12-20(28)18-25(26)31(39(35,36)24-10-6-3-7-11-24)19-27(32)29-21-13-15-23(16-14-21)38(33,34)30-22-8-4-2-5-9-22/h2-18,30H,19H2,1H3,(H,29,32). The molecule has 0 spiro atoms. The molecule has 0 aliphatic rings. The highest BCUT2D eigenvalue weighted by Gasteiger charge is 2.29. The van der Waals surface area contributed by atoms with Crippen LogP contribution in [0.3, 0.4) is 0 Å². The van der Waals surface area contributed by atoms with Crippen LogP contribution in [-0.4, -0.2) is 36.4 Å². The summed E-state index contributed by atoms with van der Waals surface area (Å²) in [7, 11) is -6.68. The van der Waals surface area contributed by atoms with Gasteiger partial charge in [0.15, 0.2) is 0 Å². The quantitative estimate of drug-likeness (QED) is 0.271. The lowest BCUT2D eigenvalue weighted by Gasteiger charge is -2.26. The third-order valence-electron chi connectivity index (χ3n) is 5.50. The SMILES string of the molecule is COc1ccc(Cl)cc1N(CC(=O)Nc1ccc(S(=O)(=O)Nc2ccccc2)cc1)S(=O)(=O)c1ccccc1. The van der Waals surface area contributed by atoms with E-state index in [0.717, 1.165) is 4.31 Å². The van der Waals surface area contributed by atoms with Crippen LogP contribution in [0.1, 0.15) is 0 Å². The van der Waals surface area contributed by atoms with Crippen LogP contribution in [-0.2, 0) is 24.8 Å². The number of para-hydroxylation sites is 1. The number of nitrogens with one attached hydrogen (secondary N) is 2. The largest absolute Gasteiger partial charge is 0.495 e. The topological polar surface area (TPSA) is 122 Å². The number of carbonyl (C=O) groups excluding carboxylic acids is 1. The van der Waals surface area contributed by atoms with E-state index in [-0.39, 0.29) is 31.9 Å². The van der Waals surface area contributed by atoms with Gasteiger partial charge in [-0.15, -0.1) is 0 Å². The number of nitrogens with zero attached hydrogens (tertiary/aromatic N) is 1. The van der Waals surface area contributed by atoms with Crippen LogP contribution in [0.4, 0.5) is 17.1 Å². The van der Waals surface area contributed by atoms with Gasteiger partial charge >= 0.3 is 0 Å². The van der Waals surface area contributed by atoms with Crippen molar-refractivity contribution in [2.45, 2.75) is 9.79 Å². The summed E-state index contributed by atoms with van der Waals surface area (Å²) in [5, 5.41) is 2.86. The van der Waals surface area contributed by atoms with Crippen LogP contribution in [0.15, 0.2) is 113 Å². The smallest absolute Gasteiger partial charge is 0.264 e. The Balaban J connectivity index is 1.58. The Morgan fingerprint density at radius 1 is 0.795 bits per heavy atom. The first kappa shape index (κ1) is 28.0. The van der Waals surface area contributed by atoms with Gasteiger partial charge in [0.05, 0.1) is 22.6 Å². The maximum Gasteiger partial charge on any atom is 0.264 e. The highest BCUT2D eigenvalue weighted by molar-refractivity contribution is 7.93. The van der Waals surface area contributed by atoms with Crippen LogP contribution in [0.2, 0.25) is 5.02 Å². The summed E-state index contributed by atoms with van der Waals surface area (Å²) in [6.07, 6.45) is 0. The van der Waals surface area contributed by atoms with E-state index in [0.29, 0.717) is 5.69 Å². The number of methoxy groups -OCH3 is 1. The molecule has 1 amide bonds. The van der Waals surface area contributed by atoms with Gasteiger partial charge in [0.2, 0.25) is 5.91 Å². The van der Waals surface area contributed by atoms with Crippen LogP contribution in [0.5, 0.6) is 5.75 Å². The summed E-state index contributed by atoms with van der Waals surface area (Å²) in [5.74, 6) is -0.471. The molecule has 0 saturated carbocycles. The van der Waals surface area contributed by atoms with Crippen LogP contribution in [0, 0.1) is 0 Å². The third-order valence-corrected chi connectivity index (χ3v) is 8.91. The van der Waals surface area contributed by atoms with E-state index in [9.17, 15) is 21.6 Å². The maximum absolute atomic E-state index is 13.6. The molecule has 202 valence electrons. The van der Waals surface area contributed by atoms with Gasteiger partial charge in [-0.05, 0) is 66.7 Å². The van der Waals surface area contributed by atoms with E-state index in [2.05, 4.69) is 10.0 Å². The lowest BCUT2D eigenvalue weighted by atomic mass is 10.3. The van der Waals surface area contributed by atoms with Gasteiger partial charge in [-0.25, -0.2) is 16.8 Å². The number of hydrogen-bond donors (Lipinski definition) is 2. The number of rotatable bonds is 10. The van der Waals surface area contributed by atoms with Crippen molar-refractivity contribution >= 4 is 54.6 Å². The summed E-state index contributed by atoms with van der Waals surface area (Å²) < 4.78 is 61.2. The van der Waals surface area contributed by atoms with Gasteiger partial charge in [0, 0.05) is 16.4 Å². The molecular weight excluding hydrogens is 562 g/mol. The average Bonchev–Trinajstić information content (AvgIpc) is 2.93. The number of anilines is 3. The number of benzene rings is 4. The van der Waals surface area contributed by atoms with Gasteiger partial charge < -0.3 is 10.1 Å². The van der Waals surface area contributed by atoms with E-state index in [1.165, 1.54) is 55.6 Å². The fourth-order valence-corrected chi connectivity index (χ4v) is 6.32. The number of ether oxygens (including phenoxy) is 1. The maximum atomic E-state index is 13.6. The van der Waals surface area contributed by atoms with Crippen LogP contribution >= 0.6 is 11.6 Å². The van der Waals surface area contributed by atoms with Crippen molar-refractivity contribution in [3.63, 3.8) is 0 Å². The van der Waals surface area contributed by atoms with Crippen molar-refractivity contribution in [3.05, 3.63) is 108 Å². The molecule has 0 aromatic heterocycles. The van der Waals surface area contributed by atoms with Crippen LogP contribution in [0.25, 0.3) is 0 Å². The number of amides is 1. The van der Waals surface area contributed by atoms with Crippen molar-refractivity contribution < 1.29 is 26.4 Å². The van der Waals surface area contributed by atoms with E-state index in [1.54, 1.807) is 54.6 Å². The average molecular weight is 586 g/mol. The summed E-state index contributed by atoms with van der Waals surface area (Å²) in [6, 6.07) is 26.0. The molecule has 9 nitrogen and oxygen atoms in total. The normalized spacial score (nSPS) is 11.4. The molecule has 39 heavy (non-hydrogen) atoms.